The molecule has 7 nitrogen and oxygen atoms in total. The fourth-order valence-corrected chi connectivity index (χ4v) is 4.72. The molecule has 0 aromatic rings. The highest BCUT2D eigenvalue weighted by Crippen LogP contribution is 2.50. The zero-order valence-corrected chi connectivity index (χ0v) is 18.2. The predicted molar refractivity (Wildman–Crippen MR) is 105 cm³/mol. The van der Waals surface area contributed by atoms with Crippen molar-refractivity contribution in [2.75, 3.05) is 20.8 Å². The highest BCUT2D eigenvalue weighted by molar-refractivity contribution is 5.77. The topological polar surface area (TPSA) is 80.3 Å². The minimum absolute atomic E-state index is 0.114. The molecule has 0 radical (unpaired) electrons. The molecule has 0 saturated carbocycles. The molecule has 0 aromatic carbocycles. The highest BCUT2D eigenvalue weighted by atomic mass is 16.7. The fourth-order valence-electron chi connectivity index (χ4n) is 4.72. The quantitative estimate of drug-likeness (QED) is 0.523. The molecule has 0 amide bonds. The van der Waals surface area contributed by atoms with E-state index in [0.717, 1.165) is 11.1 Å². The van der Waals surface area contributed by atoms with Gasteiger partial charge in [0, 0.05) is 33.0 Å². The Labute approximate surface area is 172 Å². The van der Waals surface area contributed by atoms with E-state index in [1.54, 1.807) is 28.1 Å². The second kappa shape index (κ2) is 7.85. The van der Waals surface area contributed by atoms with Gasteiger partial charge in [-0.05, 0) is 25.0 Å². The lowest BCUT2D eigenvalue weighted by atomic mass is 9.74. The van der Waals surface area contributed by atoms with E-state index in [9.17, 15) is 9.59 Å². The third-order valence-electron chi connectivity index (χ3n) is 6.45. The van der Waals surface area contributed by atoms with E-state index in [-0.39, 0.29) is 30.6 Å². The van der Waals surface area contributed by atoms with Crippen molar-refractivity contribution in [1.29, 1.82) is 0 Å². The van der Waals surface area contributed by atoms with E-state index < -0.39 is 29.3 Å². The average Bonchev–Trinajstić information content (AvgIpc) is 2.98. The zero-order chi connectivity index (χ0) is 21.6. The number of methoxy groups -OCH3 is 2. The summed E-state index contributed by atoms with van der Waals surface area (Å²) in [5, 5.41) is 0. The van der Waals surface area contributed by atoms with Gasteiger partial charge in [0.1, 0.15) is 12.7 Å². The van der Waals surface area contributed by atoms with Crippen LogP contribution < -0.4 is 0 Å². The molecular weight excluding hydrogens is 376 g/mol. The van der Waals surface area contributed by atoms with E-state index in [0.29, 0.717) is 12.8 Å². The molecule has 3 aliphatic rings. The second-order valence-corrected chi connectivity index (χ2v) is 8.80. The van der Waals surface area contributed by atoms with Crippen LogP contribution in [0.3, 0.4) is 0 Å². The number of fused-ring (bicyclic) bond motifs is 3. The van der Waals surface area contributed by atoms with Gasteiger partial charge in [0.2, 0.25) is 0 Å². The van der Waals surface area contributed by atoms with Gasteiger partial charge < -0.3 is 23.7 Å². The van der Waals surface area contributed by atoms with Gasteiger partial charge in [-0.2, -0.15) is 0 Å². The summed E-state index contributed by atoms with van der Waals surface area (Å²) in [6, 6.07) is 0. The molecule has 162 valence electrons. The molecule has 0 spiro atoms. The Morgan fingerprint density at radius 1 is 1.31 bits per heavy atom. The number of hydrogen-bond acceptors (Lipinski definition) is 7. The normalized spacial score (nSPS) is 39.8. The molecule has 2 fully saturated rings. The average molecular weight is 408 g/mol. The number of ether oxygens (including phenoxy) is 5. The summed E-state index contributed by atoms with van der Waals surface area (Å²) in [7, 11) is 3.22. The van der Waals surface area contributed by atoms with Crippen molar-refractivity contribution in [2.45, 2.75) is 64.1 Å². The van der Waals surface area contributed by atoms with Crippen molar-refractivity contribution in [3.63, 3.8) is 0 Å². The Morgan fingerprint density at radius 2 is 2.00 bits per heavy atom. The van der Waals surface area contributed by atoms with Crippen LogP contribution in [-0.2, 0) is 33.3 Å². The van der Waals surface area contributed by atoms with Crippen LogP contribution in [0.15, 0.2) is 23.8 Å². The Balaban J connectivity index is 2.13. The third-order valence-corrected chi connectivity index (χ3v) is 6.45. The van der Waals surface area contributed by atoms with Crippen molar-refractivity contribution in [2.24, 2.45) is 17.8 Å². The van der Waals surface area contributed by atoms with Gasteiger partial charge in [-0.15, -0.1) is 0 Å². The maximum absolute atomic E-state index is 12.7. The molecular formula is C22H32O7. The minimum atomic E-state index is -1.02. The van der Waals surface area contributed by atoms with E-state index in [1.807, 2.05) is 19.9 Å². The summed E-state index contributed by atoms with van der Waals surface area (Å²) in [5.41, 5.74) is 0.712. The van der Waals surface area contributed by atoms with Crippen molar-refractivity contribution >= 4 is 11.9 Å². The van der Waals surface area contributed by atoms with E-state index in [1.165, 1.54) is 0 Å². The molecule has 6 atom stereocenters. The second-order valence-electron chi connectivity index (χ2n) is 8.80. The summed E-state index contributed by atoms with van der Waals surface area (Å²) in [6.45, 7) is 11.6. The molecule has 2 saturated heterocycles. The van der Waals surface area contributed by atoms with Gasteiger partial charge in [-0.25, -0.2) is 0 Å². The first kappa shape index (κ1) is 22.0. The maximum Gasteiger partial charge on any atom is 0.313 e. The molecule has 0 aromatic heterocycles. The summed E-state index contributed by atoms with van der Waals surface area (Å²) >= 11 is 0. The van der Waals surface area contributed by atoms with Crippen LogP contribution in [-0.4, -0.2) is 56.4 Å². The third kappa shape index (κ3) is 3.76. The Bertz CT molecular complexity index is 727. The van der Waals surface area contributed by atoms with E-state index in [2.05, 4.69) is 6.58 Å². The van der Waals surface area contributed by atoms with Crippen molar-refractivity contribution in [3.05, 3.63) is 23.8 Å². The van der Waals surface area contributed by atoms with E-state index >= 15 is 0 Å². The number of cyclic esters (lactones) is 1. The molecule has 4 unspecified atom stereocenters. The van der Waals surface area contributed by atoms with Gasteiger partial charge in [0.15, 0.2) is 5.79 Å². The maximum atomic E-state index is 12.7. The zero-order valence-electron chi connectivity index (χ0n) is 18.2. The molecule has 3 aliphatic heterocycles. The van der Waals surface area contributed by atoms with Gasteiger partial charge >= 0.3 is 11.9 Å². The highest BCUT2D eigenvalue weighted by Gasteiger charge is 2.59. The van der Waals surface area contributed by atoms with Crippen LogP contribution in [0.4, 0.5) is 0 Å². The Kier molecular flexibility index (Phi) is 5.96. The molecule has 2 bridgehead atoms. The number of carbonyl (C=O) groups excluding carboxylic acids is 2. The van der Waals surface area contributed by atoms with Crippen LogP contribution in [0, 0.1) is 17.8 Å². The van der Waals surface area contributed by atoms with Crippen LogP contribution >= 0.6 is 0 Å². The standard InChI is InChI=1S/C22H32O7/c1-12(2)19(23)28-16-9-21(5)17(25-6)10-22(26-7,29-21)14(4)8-15-18(16)13(3)11-27-20(15)24/h8,12,15-18H,3,9-11H2,1-2,4-7H3/t15?,16?,17?,18-,21-,22?/m0/s1. The SMILES string of the molecule is C=C1COC(=O)C2C=C(C)C3(OC)CC(OC)[C@](C)(CC(OC(=O)C(C)C)[C@@H]12)O3. The van der Waals surface area contributed by atoms with Gasteiger partial charge in [0.25, 0.3) is 0 Å². The van der Waals surface area contributed by atoms with Crippen LogP contribution in [0.5, 0.6) is 0 Å². The molecule has 0 aliphatic carbocycles. The lowest BCUT2D eigenvalue weighted by Crippen LogP contribution is -2.48. The first-order valence-corrected chi connectivity index (χ1v) is 10.1. The predicted octanol–water partition coefficient (Wildman–Crippen LogP) is 2.79. The van der Waals surface area contributed by atoms with Gasteiger partial charge in [-0.1, -0.05) is 26.5 Å². The molecule has 3 rings (SSSR count). The molecule has 7 heteroatoms. The van der Waals surface area contributed by atoms with Crippen molar-refractivity contribution < 1.29 is 33.3 Å². The number of hydrogen-bond donors (Lipinski definition) is 0. The van der Waals surface area contributed by atoms with Gasteiger partial charge in [0.05, 0.1) is 23.5 Å². The summed E-state index contributed by atoms with van der Waals surface area (Å²) in [5.74, 6) is -3.02. The number of esters is 2. The minimum Gasteiger partial charge on any atom is -0.461 e. The molecule has 3 heterocycles. The number of carbonyl (C=O) groups is 2. The van der Waals surface area contributed by atoms with Crippen LogP contribution in [0.2, 0.25) is 0 Å². The summed E-state index contributed by atoms with van der Waals surface area (Å²) in [6.07, 6.45) is 1.76. The van der Waals surface area contributed by atoms with E-state index in [4.69, 9.17) is 23.7 Å². The Morgan fingerprint density at radius 3 is 2.59 bits per heavy atom. The van der Waals surface area contributed by atoms with Crippen LogP contribution in [0.25, 0.3) is 0 Å². The number of rotatable bonds is 4. The molecule has 29 heavy (non-hydrogen) atoms. The monoisotopic (exact) mass is 408 g/mol. The van der Waals surface area contributed by atoms with Crippen molar-refractivity contribution in [3.8, 4) is 0 Å². The lowest BCUT2D eigenvalue weighted by molar-refractivity contribution is -0.224. The van der Waals surface area contributed by atoms with Gasteiger partial charge in [-0.3, -0.25) is 9.59 Å². The van der Waals surface area contributed by atoms with Crippen LogP contribution in [0.1, 0.15) is 40.5 Å². The first-order chi connectivity index (χ1) is 13.6. The lowest BCUT2D eigenvalue weighted by Gasteiger charge is -2.39. The molecule has 0 N–H and O–H groups in total. The van der Waals surface area contributed by atoms with Crippen molar-refractivity contribution in [1.82, 2.24) is 0 Å². The smallest absolute Gasteiger partial charge is 0.313 e. The largest absolute Gasteiger partial charge is 0.461 e. The summed E-state index contributed by atoms with van der Waals surface area (Å²) < 4.78 is 29.3. The summed E-state index contributed by atoms with van der Waals surface area (Å²) in [4.78, 5) is 25.2. The first-order valence-electron chi connectivity index (χ1n) is 10.1. The fraction of sp³-hybridized carbons (Fsp3) is 0.727. The Hall–Kier alpha value is -1.70.